The summed E-state index contributed by atoms with van der Waals surface area (Å²) in [5, 5.41) is 11.0. The van der Waals surface area contributed by atoms with Gasteiger partial charge in [0.2, 0.25) is 0 Å². The lowest BCUT2D eigenvalue weighted by Gasteiger charge is -2.05. The number of hydrogen-bond acceptors (Lipinski definition) is 3. The second-order valence-corrected chi connectivity index (χ2v) is 4.44. The highest BCUT2D eigenvalue weighted by Crippen LogP contribution is 2.29. The Morgan fingerprint density at radius 3 is 2.89 bits per heavy atom. The van der Waals surface area contributed by atoms with E-state index in [0.717, 1.165) is 35.1 Å². The van der Waals surface area contributed by atoms with E-state index in [0.29, 0.717) is 5.82 Å². The molecular weight excluding hydrogens is 226 g/mol. The summed E-state index contributed by atoms with van der Waals surface area (Å²) in [7, 11) is 0. The fourth-order valence-corrected chi connectivity index (χ4v) is 2.36. The maximum Gasteiger partial charge on any atom is 0.140 e. The number of para-hydroxylation sites is 1. The number of anilines is 1. The standard InChI is InChI=1S/C14H15N3O/c1-2-4-10-14(15)17-12(16-10)8-7-9-5-3-6-11(18)13(9)17/h3,5-8,18H,2,4,15H2,1H3. The van der Waals surface area contributed by atoms with E-state index in [-0.39, 0.29) is 5.75 Å². The molecule has 3 aromatic rings. The van der Waals surface area contributed by atoms with Gasteiger partial charge < -0.3 is 10.8 Å². The van der Waals surface area contributed by atoms with E-state index >= 15 is 0 Å². The third-order valence-corrected chi connectivity index (χ3v) is 3.18. The molecule has 0 radical (unpaired) electrons. The summed E-state index contributed by atoms with van der Waals surface area (Å²) in [4.78, 5) is 4.52. The molecule has 2 heterocycles. The minimum atomic E-state index is 0.227. The lowest BCUT2D eigenvalue weighted by Crippen LogP contribution is -1.97. The molecule has 0 atom stereocenters. The third kappa shape index (κ3) is 1.42. The van der Waals surface area contributed by atoms with E-state index in [1.54, 1.807) is 6.07 Å². The minimum Gasteiger partial charge on any atom is -0.506 e. The second kappa shape index (κ2) is 3.91. The number of nitrogens with zero attached hydrogens (tertiary/aromatic N) is 2. The fraction of sp³-hybridized carbons (Fsp3) is 0.214. The smallest absolute Gasteiger partial charge is 0.140 e. The van der Waals surface area contributed by atoms with Crippen LogP contribution in [0.2, 0.25) is 0 Å². The molecule has 92 valence electrons. The van der Waals surface area contributed by atoms with Gasteiger partial charge >= 0.3 is 0 Å². The maximum absolute atomic E-state index is 10.0. The third-order valence-electron chi connectivity index (χ3n) is 3.18. The van der Waals surface area contributed by atoms with Gasteiger partial charge in [-0.25, -0.2) is 4.98 Å². The number of nitrogen functional groups attached to an aromatic ring is 1. The van der Waals surface area contributed by atoms with Gasteiger partial charge in [-0.15, -0.1) is 0 Å². The number of pyridine rings is 1. The van der Waals surface area contributed by atoms with Crippen molar-refractivity contribution >= 4 is 22.4 Å². The van der Waals surface area contributed by atoms with Crippen molar-refractivity contribution in [3.05, 3.63) is 36.0 Å². The van der Waals surface area contributed by atoms with Crippen LogP contribution in [0, 0.1) is 0 Å². The van der Waals surface area contributed by atoms with E-state index in [9.17, 15) is 5.11 Å². The zero-order valence-electron chi connectivity index (χ0n) is 10.2. The Morgan fingerprint density at radius 2 is 2.11 bits per heavy atom. The monoisotopic (exact) mass is 241 g/mol. The molecule has 4 heteroatoms. The summed E-state index contributed by atoms with van der Waals surface area (Å²) in [5.74, 6) is 0.851. The molecule has 3 rings (SSSR count). The van der Waals surface area contributed by atoms with Gasteiger partial charge in [0.1, 0.15) is 17.2 Å². The summed E-state index contributed by atoms with van der Waals surface area (Å²) in [6.07, 6.45) is 1.85. The molecule has 0 saturated heterocycles. The lowest BCUT2D eigenvalue weighted by atomic mass is 10.2. The van der Waals surface area contributed by atoms with Crippen molar-refractivity contribution in [2.24, 2.45) is 0 Å². The number of fused-ring (bicyclic) bond motifs is 3. The number of phenolic OH excluding ortho intramolecular Hbond substituents is 1. The molecule has 3 N–H and O–H groups in total. The molecule has 0 saturated carbocycles. The Morgan fingerprint density at radius 1 is 1.28 bits per heavy atom. The first-order valence-corrected chi connectivity index (χ1v) is 6.10. The first-order chi connectivity index (χ1) is 8.72. The molecule has 2 aromatic heterocycles. The predicted octanol–water partition coefficient (Wildman–Crippen LogP) is 2.73. The summed E-state index contributed by atoms with van der Waals surface area (Å²) in [5.41, 5.74) is 8.55. The average molecular weight is 241 g/mol. The average Bonchev–Trinajstić information content (AvgIpc) is 2.68. The van der Waals surface area contributed by atoms with Crippen LogP contribution in [0.3, 0.4) is 0 Å². The van der Waals surface area contributed by atoms with Gasteiger partial charge in [0, 0.05) is 5.39 Å². The van der Waals surface area contributed by atoms with Crippen molar-refractivity contribution in [2.45, 2.75) is 19.8 Å². The highest BCUT2D eigenvalue weighted by atomic mass is 16.3. The summed E-state index contributed by atoms with van der Waals surface area (Å²) >= 11 is 0. The van der Waals surface area contributed by atoms with Crippen LogP contribution in [0.1, 0.15) is 19.0 Å². The summed E-state index contributed by atoms with van der Waals surface area (Å²) in [6, 6.07) is 9.32. The van der Waals surface area contributed by atoms with E-state index in [1.165, 1.54) is 0 Å². The molecule has 0 aliphatic carbocycles. The maximum atomic E-state index is 10.0. The zero-order chi connectivity index (χ0) is 12.7. The van der Waals surface area contributed by atoms with Gasteiger partial charge in [0.05, 0.1) is 11.2 Å². The van der Waals surface area contributed by atoms with Crippen molar-refractivity contribution < 1.29 is 5.11 Å². The van der Waals surface area contributed by atoms with E-state index in [2.05, 4.69) is 11.9 Å². The van der Waals surface area contributed by atoms with Gasteiger partial charge in [-0.05, 0) is 24.6 Å². The molecular formula is C14H15N3O. The largest absolute Gasteiger partial charge is 0.506 e. The molecule has 0 unspecified atom stereocenters. The first-order valence-electron chi connectivity index (χ1n) is 6.10. The second-order valence-electron chi connectivity index (χ2n) is 4.44. The van der Waals surface area contributed by atoms with E-state index in [1.807, 2.05) is 28.7 Å². The van der Waals surface area contributed by atoms with Crippen molar-refractivity contribution in [2.75, 3.05) is 5.73 Å². The molecule has 0 amide bonds. The van der Waals surface area contributed by atoms with Gasteiger partial charge in [0.25, 0.3) is 0 Å². The number of aromatic nitrogens is 2. The number of aryl methyl sites for hydroxylation is 1. The van der Waals surface area contributed by atoms with Crippen LogP contribution in [0.25, 0.3) is 16.6 Å². The summed E-state index contributed by atoms with van der Waals surface area (Å²) < 4.78 is 1.83. The Hall–Kier alpha value is -2.23. The number of aromatic hydroxyl groups is 1. The first kappa shape index (κ1) is 10.9. The van der Waals surface area contributed by atoms with Gasteiger partial charge in [-0.1, -0.05) is 25.5 Å². The van der Waals surface area contributed by atoms with Crippen LogP contribution in [0.15, 0.2) is 30.3 Å². The lowest BCUT2D eigenvalue weighted by molar-refractivity contribution is 0.480. The molecule has 0 bridgehead atoms. The highest BCUT2D eigenvalue weighted by Gasteiger charge is 2.12. The van der Waals surface area contributed by atoms with E-state index in [4.69, 9.17) is 5.73 Å². The number of benzene rings is 1. The quantitative estimate of drug-likeness (QED) is 0.725. The highest BCUT2D eigenvalue weighted by molar-refractivity contribution is 5.88. The molecule has 0 fully saturated rings. The SMILES string of the molecule is CCCc1nc2ccc3cccc(O)c3n2c1N. The van der Waals surface area contributed by atoms with Gasteiger partial charge in [0.15, 0.2) is 0 Å². The van der Waals surface area contributed by atoms with Crippen LogP contribution in [-0.4, -0.2) is 14.5 Å². The van der Waals surface area contributed by atoms with Crippen molar-refractivity contribution in [3.63, 3.8) is 0 Å². The summed E-state index contributed by atoms with van der Waals surface area (Å²) in [6.45, 7) is 2.10. The molecule has 18 heavy (non-hydrogen) atoms. The number of rotatable bonds is 2. The van der Waals surface area contributed by atoms with Gasteiger partial charge in [-0.2, -0.15) is 0 Å². The van der Waals surface area contributed by atoms with Crippen LogP contribution in [0.4, 0.5) is 5.82 Å². The minimum absolute atomic E-state index is 0.227. The predicted molar refractivity (Wildman–Crippen MR) is 72.8 cm³/mol. The van der Waals surface area contributed by atoms with Crippen LogP contribution in [-0.2, 0) is 6.42 Å². The molecule has 0 aliphatic rings. The van der Waals surface area contributed by atoms with Crippen molar-refractivity contribution in [1.82, 2.24) is 9.38 Å². The Bertz CT molecular complexity index is 731. The number of nitrogens with two attached hydrogens (primary N) is 1. The van der Waals surface area contributed by atoms with Crippen LogP contribution >= 0.6 is 0 Å². The molecule has 0 spiro atoms. The zero-order valence-corrected chi connectivity index (χ0v) is 10.2. The normalized spacial score (nSPS) is 11.4. The Balaban J connectivity index is 2.46. The Kier molecular flexibility index (Phi) is 2.37. The molecule has 1 aromatic carbocycles. The molecule has 4 nitrogen and oxygen atoms in total. The molecule has 0 aliphatic heterocycles. The van der Waals surface area contributed by atoms with Crippen LogP contribution in [0.5, 0.6) is 5.75 Å². The fourth-order valence-electron chi connectivity index (χ4n) is 2.36. The topological polar surface area (TPSA) is 63.5 Å². The van der Waals surface area contributed by atoms with Crippen molar-refractivity contribution in [3.8, 4) is 5.75 Å². The number of hydrogen-bond donors (Lipinski definition) is 2. The Labute approximate surface area is 105 Å². The van der Waals surface area contributed by atoms with E-state index < -0.39 is 0 Å². The number of imidazole rings is 1. The number of phenols is 1. The van der Waals surface area contributed by atoms with Crippen LogP contribution < -0.4 is 5.73 Å². The van der Waals surface area contributed by atoms with Crippen molar-refractivity contribution in [1.29, 1.82) is 0 Å². The van der Waals surface area contributed by atoms with Gasteiger partial charge in [-0.3, -0.25) is 4.40 Å².